The van der Waals surface area contributed by atoms with E-state index in [-0.39, 0.29) is 0 Å². The van der Waals surface area contributed by atoms with Crippen molar-refractivity contribution in [3.8, 4) is 22.5 Å². The zero-order chi connectivity index (χ0) is 22.0. The smallest absolute Gasteiger partial charge is 0.205 e. The number of carbonyl (C=O) groups excluding carboxylic acids is 1. The number of hydrogen-bond donors (Lipinski definition) is 1. The van der Waals surface area contributed by atoms with Crippen LogP contribution in [0.15, 0.2) is 53.5 Å². The lowest BCUT2D eigenvalue weighted by molar-refractivity contribution is -0.121. The number of H-pyrrole nitrogens is 1. The average Bonchev–Trinajstić information content (AvgIpc) is 3.55. The fraction of sp³-hybridized carbons (Fsp3) is 0.400. The molecule has 32 heavy (non-hydrogen) atoms. The van der Waals surface area contributed by atoms with E-state index in [0.717, 1.165) is 67.7 Å². The molecule has 0 radical (unpaired) electrons. The van der Waals surface area contributed by atoms with Gasteiger partial charge in [0.05, 0.1) is 6.54 Å². The Bertz CT molecular complexity index is 1120. The molecule has 1 atom stereocenters. The van der Waals surface area contributed by atoms with Crippen molar-refractivity contribution in [3.05, 3.63) is 54.1 Å². The standard InChI is InChI=1S/C25H28N6O/c1-2-3-10-23-26-25(15-6-9-22(25)32)17-31(23)16-18-11-13-19(14-12-18)20-7-4-5-8-21(20)24-27-29-30-28-24/h4-5,7-8,11-14H,2-3,6,9-10,15-17H2,1H3,(H,27,28,29,30). The molecule has 0 saturated heterocycles. The number of rotatable bonds is 7. The molecule has 1 aliphatic heterocycles. The number of nitrogens with zero attached hydrogens (tertiary/aromatic N) is 5. The summed E-state index contributed by atoms with van der Waals surface area (Å²) in [7, 11) is 0. The van der Waals surface area contributed by atoms with Crippen LogP contribution in [0, 0.1) is 0 Å². The second kappa shape index (κ2) is 8.65. The fourth-order valence-electron chi connectivity index (χ4n) is 4.87. The Morgan fingerprint density at radius 3 is 2.59 bits per heavy atom. The number of Topliss-reactive ketones (excluding diaryl/α,β-unsaturated/α-hetero) is 1. The Hall–Kier alpha value is -3.35. The fourth-order valence-corrected chi connectivity index (χ4v) is 4.87. The van der Waals surface area contributed by atoms with Gasteiger partial charge in [-0.2, -0.15) is 5.21 Å². The number of aromatic nitrogens is 4. The molecule has 1 aliphatic carbocycles. The van der Waals surface area contributed by atoms with Gasteiger partial charge in [-0.3, -0.25) is 9.79 Å². The first kappa shape index (κ1) is 20.5. The second-order valence-corrected chi connectivity index (χ2v) is 8.77. The molecule has 3 aromatic rings. The van der Waals surface area contributed by atoms with Gasteiger partial charge in [-0.05, 0) is 41.2 Å². The van der Waals surface area contributed by atoms with Gasteiger partial charge >= 0.3 is 0 Å². The van der Waals surface area contributed by atoms with Gasteiger partial charge in [-0.1, -0.05) is 61.9 Å². The molecule has 2 aliphatic rings. The summed E-state index contributed by atoms with van der Waals surface area (Å²) >= 11 is 0. The zero-order valence-electron chi connectivity index (χ0n) is 18.4. The maximum Gasteiger partial charge on any atom is 0.205 e. The lowest BCUT2D eigenvalue weighted by atomic mass is 9.97. The van der Waals surface area contributed by atoms with Gasteiger partial charge in [0.25, 0.3) is 0 Å². The molecule has 5 rings (SSSR count). The van der Waals surface area contributed by atoms with E-state index in [4.69, 9.17) is 4.99 Å². The molecule has 1 N–H and O–H groups in total. The van der Waals surface area contributed by atoms with Crippen LogP contribution >= 0.6 is 0 Å². The topological polar surface area (TPSA) is 87.1 Å². The first-order chi connectivity index (χ1) is 15.7. The van der Waals surface area contributed by atoms with E-state index in [1.807, 2.05) is 18.2 Å². The van der Waals surface area contributed by atoms with Crippen molar-refractivity contribution in [3.63, 3.8) is 0 Å². The molecule has 1 aromatic heterocycles. The Balaban J connectivity index is 1.36. The maximum absolute atomic E-state index is 12.6. The highest BCUT2D eigenvalue weighted by Gasteiger charge is 2.47. The highest BCUT2D eigenvalue weighted by molar-refractivity contribution is 5.97. The SMILES string of the molecule is CCCCC1=NC2(CCCC2=O)CN1Cc1ccc(-c2ccccc2-c2nn[nH]n2)cc1. The Morgan fingerprint density at radius 1 is 1.09 bits per heavy atom. The van der Waals surface area contributed by atoms with Crippen molar-refractivity contribution in [2.24, 2.45) is 4.99 Å². The van der Waals surface area contributed by atoms with Gasteiger partial charge in [0.1, 0.15) is 11.4 Å². The quantitative estimate of drug-likeness (QED) is 0.601. The summed E-state index contributed by atoms with van der Waals surface area (Å²) in [5.41, 5.74) is 3.87. The molecule has 0 bridgehead atoms. The van der Waals surface area contributed by atoms with Crippen molar-refractivity contribution in [2.45, 2.75) is 57.5 Å². The van der Waals surface area contributed by atoms with Crippen molar-refractivity contribution in [2.75, 3.05) is 6.54 Å². The van der Waals surface area contributed by atoms with E-state index < -0.39 is 5.54 Å². The van der Waals surface area contributed by atoms with Gasteiger partial charge in [0, 0.05) is 24.9 Å². The molecule has 2 aromatic carbocycles. The third-order valence-corrected chi connectivity index (χ3v) is 6.58. The number of benzene rings is 2. The minimum Gasteiger partial charge on any atom is -0.353 e. The van der Waals surface area contributed by atoms with E-state index >= 15 is 0 Å². The molecular formula is C25H28N6O. The molecular weight excluding hydrogens is 400 g/mol. The van der Waals surface area contributed by atoms with Crippen LogP contribution in [0.5, 0.6) is 0 Å². The summed E-state index contributed by atoms with van der Waals surface area (Å²) in [4.78, 5) is 19.9. The molecule has 0 amide bonds. The predicted octanol–water partition coefficient (Wildman–Crippen LogP) is 4.43. The largest absolute Gasteiger partial charge is 0.353 e. The first-order valence-corrected chi connectivity index (χ1v) is 11.5. The van der Waals surface area contributed by atoms with Gasteiger partial charge in [0.2, 0.25) is 5.82 Å². The minimum absolute atomic E-state index is 0.322. The van der Waals surface area contributed by atoms with Crippen LogP contribution in [0.2, 0.25) is 0 Å². The monoisotopic (exact) mass is 428 g/mol. The lowest BCUT2D eigenvalue weighted by Crippen LogP contribution is -2.38. The van der Waals surface area contributed by atoms with Crippen LogP contribution in [0.4, 0.5) is 0 Å². The number of ketones is 1. The Labute approximate surface area is 188 Å². The molecule has 1 unspecified atom stereocenters. The number of amidine groups is 1. The van der Waals surface area contributed by atoms with E-state index in [1.54, 1.807) is 0 Å². The van der Waals surface area contributed by atoms with Crippen molar-refractivity contribution in [1.29, 1.82) is 0 Å². The van der Waals surface area contributed by atoms with Crippen LogP contribution in [-0.4, -0.2) is 49.2 Å². The summed E-state index contributed by atoms with van der Waals surface area (Å²) in [6.07, 6.45) is 5.71. The summed E-state index contributed by atoms with van der Waals surface area (Å²) in [5, 5.41) is 14.5. The van der Waals surface area contributed by atoms with Crippen molar-refractivity contribution < 1.29 is 4.79 Å². The Morgan fingerprint density at radius 2 is 1.91 bits per heavy atom. The van der Waals surface area contributed by atoms with Gasteiger partial charge < -0.3 is 4.90 Å². The molecule has 7 heteroatoms. The number of nitrogens with one attached hydrogen (secondary N) is 1. The van der Waals surface area contributed by atoms with E-state index in [1.165, 1.54) is 5.56 Å². The van der Waals surface area contributed by atoms with Gasteiger partial charge in [0.15, 0.2) is 5.78 Å². The number of tetrazole rings is 1. The highest BCUT2D eigenvalue weighted by Crippen LogP contribution is 2.37. The molecule has 164 valence electrons. The van der Waals surface area contributed by atoms with Crippen LogP contribution in [0.1, 0.15) is 51.0 Å². The van der Waals surface area contributed by atoms with Crippen molar-refractivity contribution >= 4 is 11.6 Å². The summed E-state index contributed by atoms with van der Waals surface area (Å²) in [5.74, 6) is 2.01. The van der Waals surface area contributed by atoms with Crippen LogP contribution in [0.3, 0.4) is 0 Å². The minimum atomic E-state index is -0.480. The average molecular weight is 429 g/mol. The molecule has 1 saturated carbocycles. The summed E-state index contributed by atoms with van der Waals surface area (Å²) in [6, 6.07) is 16.7. The predicted molar refractivity (Wildman–Crippen MR) is 124 cm³/mol. The summed E-state index contributed by atoms with van der Waals surface area (Å²) in [6.45, 7) is 3.71. The normalized spacial score (nSPS) is 20.3. The van der Waals surface area contributed by atoms with E-state index in [9.17, 15) is 4.79 Å². The van der Waals surface area contributed by atoms with Gasteiger partial charge in [-0.25, -0.2) is 0 Å². The zero-order valence-corrected chi connectivity index (χ0v) is 18.4. The number of carbonyl (C=O) groups is 1. The number of unbranched alkanes of at least 4 members (excludes halogenated alkanes) is 1. The van der Waals surface area contributed by atoms with Crippen LogP contribution in [0.25, 0.3) is 22.5 Å². The third kappa shape index (κ3) is 3.83. The number of aromatic amines is 1. The third-order valence-electron chi connectivity index (χ3n) is 6.58. The van der Waals surface area contributed by atoms with E-state index in [0.29, 0.717) is 18.0 Å². The molecule has 7 nitrogen and oxygen atoms in total. The van der Waals surface area contributed by atoms with E-state index in [2.05, 4.69) is 62.8 Å². The Kier molecular flexibility index (Phi) is 5.55. The summed E-state index contributed by atoms with van der Waals surface area (Å²) < 4.78 is 0. The maximum atomic E-state index is 12.6. The van der Waals surface area contributed by atoms with Crippen LogP contribution in [-0.2, 0) is 11.3 Å². The highest BCUT2D eigenvalue weighted by atomic mass is 16.1. The van der Waals surface area contributed by atoms with Crippen molar-refractivity contribution in [1.82, 2.24) is 25.5 Å². The molecule has 1 fully saturated rings. The number of aliphatic imine (C=N–C) groups is 1. The molecule has 2 heterocycles. The second-order valence-electron chi connectivity index (χ2n) is 8.77. The van der Waals surface area contributed by atoms with Gasteiger partial charge in [-0.15, -0.1) is 10.2 Å². The first-order valence-electron chi connectivity index (χ1n) is 11.5. The lowest BCUT2D eigenvalue weighted by Gasteiger charge is -2.24. The number of hydrogen-bond acceptors (Lipinski definition) is 6. The van der Waals surface area contributed by atoms with Crippen LogP contribution < -0.4 is 0 Å². The molecule has 1 spiro atoms.